The van der Waals surface area contributed by atoms with E-state index < -0.39 is 12.0 Å². The van der Waals surface area contributed by atoms with Crippen molar-refractivity contribution in [3.05, 3.63) is 0 Å². The van der Waals surface area contributed by atoms with Crippen molar-refractivity contribution in [3.8, 4) is 0 Å². The molecule has 3 nitrogen and oxygen atoms in total. The van der Waals surface area contributed by atoms with Gasteiger partial charge in [0.1, 0.15) is 6.04 Å². The van der Waals surface area contributed by atoms with Crippen LogP contribution in [0, 0.1) is 0 Å². The number of aliphatic carboxylic acids is 1. The molecule has 0 radical (unpaired) electrons. The van der Waals surface area contributed by atoms with Crippen molar-refractivity contribution < 1.29 is 9.90 Å². The van der Waals surface area contributed by atoms with Gasteiger partial charge < -0.3 is 10.4 Å². The number of hydrogen-bond donors (Lipinski definition) is 2. The molecular formula is C8H15NO2S2. The molecule has 2 N–H and O–H groups in total. The number of carboxylic acids is 1. The number of rotatable bonds is 4. The highest BCUT2D eigenvalue weighted by Gasteiger charge is 2.16. The van der Waals surface area contributed by atoms with Gasteiger partial charge in [0.05, 0.1) is 0 Å². The van der Waals surface area contributed by atoms with Gasteiger partial charge in [-0.05, 0) is 6.92 Å². The van der Waals surface area contributed by atoms with Crippen LogP contribution in [-0.4, -0.2) is 46.2 Å². The highest BCUT2D eigenvalue weighted by molar-refractivity contribution is 8.06. The molecule has 0 aromatic heterocycles. The molecule has 0 bridgehead atoms. The summed E-state index contributed by atoms with van der Waals surface area (Å²) in [5.74, 6) is 2.80. The maximum absolute atomic E-state index is 10.5. The van der Waals surface area contributed by atoms with Crippen LogP contribution in [0.4, 0.5) is 0 Å². The minimum atomic E-state index is -0.770. The smallest absolute Gasteiger partial charge is 0.320 e. The molecule has 2 unspecified atom stereocenters. The lowest BCUT2D eigenvalue weighted by Gasteiger charge is -2.22. The first-order chi connectivity index (χ1) is 6.20. The zero-order valence-electron chi connectivity index (χ0n) is 7.66. The molecule has 0 saturated carbocycles. The van der Waals surface area contributed by atoms with Gasteiger partial charge in [-0.25, -0.2) is 0 Å². The van der Waals surface area contributed by atoms with E-state index in [0.717, 1.165) is 12.3 Å². The minimum Gasteiger partial charge on any atom is -0.480 e. The van der Waals surface area contributed by atoms with E-state index in [1.165, 1.54) is 11.5 Å². The third-order valence-corrected chi connectivity index (χ3v) is 4.75. The average Bonchev–Trinajstić information content (AvgIpc) is 2.15. The van der Waals surface area contributed by atoms with Crippen molar-refractivity contribution in [2.24, 2.45) is 0 Å². The Bertz CT molecular complexity index is 172. The van der Waals surface area contributed by atoms with E-state index in [0.29, 0.717) is 5.25 Å². The zero-order chi connectivity index (χ0) is 9.68. The topological polar surface area (TPSA) is 49.3 Å². The quantitative estimate of drug-likeness (QED) is 0.738. The van der Waals surface area contributed by atoms with Crippen molar-refractivity contribution in [3.63, 3.8) is 0 Å². The zero-order valence-corrected chi connectivity index (χ0v) is 9.29. The van der Waals surface area contributed by atoms with Crippen LogP contribution in [0.15, 0.2) is 0 Å². The Morgan fingerprint density at radius 2 is 2.46 bits per heavy atom. The Balaban J connectivity index is 2.13. The summed E-state index contributed by atoms with van der Waals surface area (Å²) in [6, 6.07) is -0.424. The monoisotopic (exact) mass is 221 g/mol. The Kier molecular flexibility index (Phi) is 4.98. The summed E-state index contributed by atoms with van der Waals surface area (Å²) in [7, 11) is 0. The molecule has 1 aliphatic heterocycles. The molecule has 0 spiro atoms. The predicted molar refractivity (Wildman–Crippen MR) is 58.7 cm³/mol. The van der Waals surface area contributed by atoms with E-state index >= 15 is 0 Å². The molecule has 0 amide bonds. The molecule has 0 aromatic rings. The normalized spacial score (nSPS) is 25.5. The summed E-state index contributed by atoms with van der Waals surface area (Å²) in [5, 5.41) is 12.2. The van der Waals surface area contributed by atoms with Crippen LogP contribution in [-0.2, 0) is 4.79 Å². The van der Waals surface area contributed by atoms with Gasteiger partial charge >= 0.3 is 5.97 Å². The van der Waals surface area contributed by atoms with Crippen LogP contribution >= 0.6 is 23.5 Å². The van der Waals surface area contributed by atoms with Gasteiger partial charge in [-0.3, -0.25) is 4.79 Å². The largest absolute Gasteiger partial charge is 0.480 e. The Morgan fingerprint density at radius 3 is 3.00 bits per heavy atom. The second kappa shape index (κ2) is 5.78. The lowest BCUT2D eigenvalue weighted by Crippen LogP contribution is -2.39. The lowest BCUT2D eigenvalue weighted by atomic mass is 10.3. The van der Waals surface area contributed by atoms with Crippen molar-refractivity contribution >= 4 is 29.5 Å². The highest BCUT2D eigenvalue weighted by Crippen LogP contribution is 2.23. The van der Waals surface area contributed by atoms with Gasteiger partial charge in [-0.15, -0.1) is 0 Å². The maximum atomic E-state index is 10.5. The van der Waals surface area contributed by atoms with E-state index in [1.807, 2.05) is 23.5 Å². The van der Waals surface area contributed by atoms with E-state index in [4.69, 9.17) is 5.11 Å². The Hall–Kier alpha value is 0.130. The molecule has 1 rings (SSSR count). The molecule has 76 valence electrons. The summed E-state index contributed by atoms with van der Waals surface area (Å²) in [4.78, 5) is 10.5. The van der Waals surface area contributed by atoms with Crippen LogP contribution in [0.25, 0.3) is 0 Å². The standard InChI is InChI=1S/C8H15NO2S2/c1-6(8(10)11)9-4-7-5-12-2-3-13-7/h6-7,9H,2-5H2,1H3,(H,10,11). The molecule has 1 fully saturated rings. The number of hydrogen-bond acceptors (Lipinski definition) is 4. The van der Waals surface area contributed by atoms with Gasteiger partial charge in [-0.1, -0.05) is 0 Å². The number of thioether (sulfide) groups is 2. The van der Waals surface area contributed by atoms with E-state index in [-0.39, 0.29) is 0 Å². The summed E-state index contributed by atoms with van der Waals surface area (Å²) >= 11 is 3.90. The van der Waals surface area contributed by atoms with Crippen molar-refractivity contribution in [2.75, 3.05) is 23.8 Å². The fourth-order valence-electron chi connectivity index (χ4n) is 1.05. The minimum absolute atomic E-state index is 0.424. The Labute approximate surface area is 87.0 Å². The first kappa shape index (κ1) is 11.2. The van der Waals surface area contributed by atoms with Crippen LogP contribution in [0.2, 0.25) is 0 Å². The second-order valence-electron chi connectivity index (χ2n) is 3.04. The third-order valence-electron chi connectivity index (χ3n) is 1.91. The molecule has 13 heavy (non-hydrogen) atoms. The maximum Gasteiger partial charge on any atom is 0.320 e. The summed E-state index contributed by atoms with van der Waals surface area (Å²) in [5.41, 5.74) is 0. The first-order valence-corrected chi connectivity index (χ1v) is 6.56. The van der Waals surface area contributed by atoms with Crippen LogP contribution in [0.5, 0.6) is 0 Å². The SMILES string of the molecule is CC(NCC1CSCCS1)C(=O)O. The molecule has 1 aliphatic rings. The summed E-state index contributed by atoms with van der Waals surface area (Å²) in [6.07, 6.45) is 0. The van der Waals surface area contributed by atoms with Gasteiger partial charge in [-0.2, -0.15) is 23.5 Å². The van der Waals surface area contributed by atoms with Gasteiger partial charge in [0.25, 0.3) is 0 Å². The van der Waals surface area contributed by atoms with E-state index in [9.17, 15) is 4.79 Å². The van der Waals surface area contributed by atoms with Crippen LogP contribution in [0.1, 0.15) is 6.92 Å². The second-order valence-corrected chi connectivity index (χ2v) is 5.59. The fourth-order valence-corrected chi connectivity index (χ4v) is 3.67. The molecule has 5 heteroatoms. The van der Waals surface area contributed by atoms with Gasteiger partial charge in [0, 0.05) is 29.1 Å². The van der Waals surface area contributed by atoms with Crippen molar-refractivity contribution in [2.45, 2.75) is 18.2 Å². The van der Waals surface area contributed by atoms with Gasteiger partial charge in [0.2, 0.25) is 0 Å². The van der Waals surface area contributed by atoms with E-state index in [1.54, 1.807) is 6.92 Å². The Morgan fingerprint density at radius 1 is 1.69 bits per heavy atom. The summed E-state index contributed by atoms with van der Waals surface area (Å²) in [6.45, 7) is 2.49. The molecule has 0 aliphatic carbocycles. The molecule has 2 atom stereocenters. The predicted octanol–water partition coefficient (Wildman–Crippen LogP) is 0.898. The average molecular weight is 221 g/mol. The fraction of sp³-hybridized carbons (Fsp3) is 0.875. The summed E-state index contributed by atoms with van der Waals surface area (Å²) < 4.78 is 0. The molecule has 1 saturated heterocycles. The molecule has 1 heterocycles. The lowest BCUT2D eigenvalue weighted by molar-refractivity contribution is -0.138. The number of carbonyl (C=O) groups is 1. The van der Waals surface area contributed by atoms with Crippen molar-refractivity contribution in [1.29, 1.82) is 0 Å². The van der Waals surface area contributed by atoms with Crippen molar-refractivity contribution in [1.82, 2.24) is 5.32 Å². The van der Waals surface area contributed by atoms with Gasteiger partial charge in [0.15, 0.2) is 0 Å². The third kappa shape index (κ3) is 4.24. The number of carboxylic acid groups (broad SMARTS) is 1. The van der Waals surface area contributed by atoms with Crippen LogP contribution in [0.3, 0.4) is 0 Å². The molecule has 0 aromatic carbocycles. The molecular weight excluding hydrogens is 206 g/mol. The van der Waals surface area contributed by atoms with Crippen LogP contribution < -0.4 is 5.32 Å². The first-order valence-electron chi connectivity index (χ1n) is 4.35. The number of nitrogens with one attached hydrogen (secondary N) is 1. The highest BCUT2D eigenvalue weighted by atomic mass is 32.2. The van der Waals surface area contributed by atoms with E-state index in [2.05, 4.69) is 5.32 Å².